The van der Waals surface area contributed by atoms with Gasteiger partial charge in [-0.1, -0.05) is 25.7 Å². The summed E-state index contributed by atoms with van der Waals surface area (Å²) in [6.45, 7) is 5.75. The first kappa shape index (κ1) is 13.7. The molecule has 3 heteroatoms. The van der Waals surface area contributed by atoms with Gasteiger partial charge >= 0.3 is 6.09 Å². The smallest absolute Gasteiger partial charge is 0.407 e. The van der Waals surface area contributed by atoms with Gasteiger partial charge in [-0.15, -0.1) is 0 Å². The molecule has 3 nitrogen and oxygen atoms in total. The van der Waals surface area contributed by atoms with E-state index in [9.17, 15) is 4.79 Å². The number of ether oxygens (including phenoxy) is 1. The van der Waals surface area contributed by atoms with Crippen LogP contribution in [0.5, 0.6) is 0 Å². The van der Waals surface area contributed by atoms with Crippen LogP contribution in [0.2, 0.25) is 0 Å². The Kier molecular flexibility index (Phi) is 3.88. The van der Waals surface area contributed by atoms with Gasteiger partial charge in [0, 0.05) is 6.04 Å². The zero-order valence-electron chi connectivity index (χ0n) is 12.1. The third-order valence-corrected chi connectivity index (χ3v) is 4.45. The van der Waals surface area contributed by atoms with E-state index in [-0.39, 0.29) is 6.09 Å². The fourth-order valence-electron chi connectivity index (χ4n) is 3.66. The van der Waals surface area contributed by atoms with Crippen LogP contribution in [0.25, 0.3) is 0 Å². The van der Waals surface area contributed by atoms with Crippen molar-refractivity contribution in [1.29, 1.82) is 0 Å². The Labute approximate surface area is 111 Å². The van der Waals surface area contributed by atoms with E-state index in [1.807, 2.05) is 20.8 Å². The van der Waals surface area contributed by atoms with E-state index < -0.39 is 5.60 Å². The number of carbonyl (C=O) groups is 1. The van der Waals surface area contributed by atoms with Crippen LogP contribution in [-0.4, -0.2) is 17.7 Å². The van der Waals surface area contributed by atoms with E-state index in [0.29, 0.717) is 11.5 Å². The molecule has 104 valence electrons. The van der Waals surface area contributed by atoms with Crippen molar-refractivity contribution in [3.05, 3.63) is 0 Å². The van der Waals surface area contributed by atoms with Crippen molar-refractivity contribution >= 4 is 6.09 Å². The first-order valence-electron chi connectivity index (χ1n) is 7.41. The van der Waals surface area contributed by atoms with Gasteiger partial charge in [-0.25, -0.2) is 4.79 Å². The van der Waals surface area contributed by atoms with E-state index >= 15 is 0 Å². The maximum absolute atomic E-state index is 11.9. The molecular weight excluding hydrogens is 226 g/mol. The number of hydrogen-bond donors (Lipinski definition) is 1. The normalized spacial score (nSPS) is 27.2. The predicted molar refractivity (Wildman–Crippen MR) is 72.5 cm³/mol. The quantitative estimate of drug-likeness (QED) is 0.766. The highest BCUT2D eigenvalue weighted by molar-refractivity contribution is 5.68. The van der Waals surface area contributed by atoms with Gasteiger partial charge in [0.1, 0.15) is 5.60 Å². The molecule has 0 saturated heterocycles. The highest BCUT2D eigenvalue weighted by atomic mass is 16.6. The molecule has 1 amide bonds. The van der Waals surface area contributed by atoms with Crippen molar-refractivity contribution in [2.24, 2.45) is 5.41 Å². The largest absolute Gasteiger partial charge is 0.444 e. The summed E-state index contributed by atoms with van der Waals surface area (Å²) in [6.07, 6.45) is 9.96. The molecule has 2 aliphatic rings. The fraction of sp³-hybridized carbons (Fsp3) is 0.933. The van der Waals surface area contributed by atoms with Gasteiger partial charge < -0.3 is 10.1 Å². The van der Waals surface area contributed by atoms with Crippen LogP contribution in [0.15, 0.2) is 0 Å². The lowest BCUT2D eigenvalue weighted by atomic mass is 9.69. The van der Waals surface area contributed by atoms with Gasteiger partial charge in [-0.2, -0.15) is 0 Å². The van der Waals surface area contributed by atoms with E-state index in [2.05, 4.69) is 5.32 Å². The Balaban J connectivity index is 1.96. The van der Waals surface area contributed by atoms with Gasteiger partial charge in [0.15, 0.2) is 0 Å². The second-order valence-electron chi connectivity index (χ2n) is 7.01. The molecule has 0 aromatic carbocycles. The van der Waals surface area contributed by atoms with Crippen molar-refractivity contribution in [3.63, 3.8) is 0 Å². The molecule has 0 aromatic heterocycles. The molecule has 0 heterocycles. The molecular formula is C15H27NO2. The van der Waals surface area contributed by atoms with Gasteiger partial charge in [0.2, 0.25) is 0 Å². The summed E-state index contributed by atoms with van der Waals surface area (Å²) >= 11 is 0. The van der Waals surface area contributed by atoms with Gasteiger partial charge in [-0.05, 0) is 51.9 Å². The molecule has 18 heavy (non-hydrogen) atoms. The Morgan fingerprint density at radius 2 is 1.67 bits per heavy atom. The highest BCUT2D eigenvalue weighted by Gasteiger charge is 2.43. The standard InChI is InChI=1S/C15H27NO2/c1-14(2,3)18-13(17)16-12-8-4-5-9-15(12)10-6-7-11-15/h12H,4-11H2,1-3H3,(H,16,17)/t12-/m0/s1. The molecule has 1 atom stereocenters. The zero-order valence-corrected chi connectivity index (χ0v) is 12.1. The van der Waals surface area contributed by atoms with Gasteiger partial charge in [-0.3, -0.25) is 0 Å². The summed E-state index contributed by atoms with van der Waals surface area (Å²) in [6, 6.07) is 0.337. The molecule has 2 fully saturated rings. The summed E-state index contributed by atoms with van der Waals surface area (Å²) in [5.74, 6) is 0. The minimum absolute atomic E-state index is 0.235. The Morgan fingerprint density at radius 3 is 2.22 bits per heavy atom. The summed E-state index contributed by atoms with van der Waals surface area (Å²) in [5.41, 5.74) is -0.0171. The number of nitrogens with one attached hydrogen (secondary N) is 1. The predicted octanol–water partition coefficient (Wildman–Crippen LogP) is 4.01. The second kappa shape index (κ2) is 5.10. The molecule has 2 saturated carbocycles. The summed E-state index contributed by atoms with van der Waals surface area (Å²) in [5, 5.41) is 3.15. The van der Waals surface area contributed by atoms with Crippen LogP contribution >= 0.6 is 0 Å². The van der Waals surface area contributed by atoms with Crippen molar-refractivity contribution < 1.29 is 9.53 Å². The molecule has 1 spiro atoms. The van der Waals surface area contributed by atoms with E-state index in [1.54, 1.807) is 0 Å². The summed E-state index contributed by atoms with van der Waals surface area (Å²) < 4.78 is 5.39. The van der Waals surface area contributed by atoms with Crippen molar-refractivity contribution in [1.82, 2.24) is 5.32 Å². The Bertz CT molecular complexity index is 300. The first-order valence-corrected chi connectivity index (χ1v) is 7.41. The van der Waals surface area contributed by atoms with E-state index in [0.717, 1.165) is 6.42 Å². The molecule has 0 bridgehead atoms. The third-order valence-electron chi connectivity index (χ3n) is 4.45. The zero-order chi connectivity index (χ0) is 13.2. The maximum atomic E-state index is 11.9. The summed E-state index contributed by atoms with van der Waals surface area (Å²) in [7, 11) is 0. The van der Waals surface area contributed by atoms with Crippen molar-refractivity contribution in [2.45, 2.75) is 83.8 Å². The third kappa shape index (κ3) is 3.18. The van der Waals surface area contributed by atoms with Gasteiger partial charge in [0.25, 0.3) is 0 Å². The van der Waals surface area contributed by atoms with Crippen LogP contribution in [0.1, 0.15) is 72.1 Å². The molecule has 0 radical (unpaired) electrons. The van der Waals surface area contributed by atoms with Crippen molar-refractivity contribution in [2.75, 3.05) is 0 Å². The van der Waals surface area contributed by atoms with Crippen LogP contribution < -0.4 is 5.32 Å². The number of rotatable bonds is 1. The minimum Gasteiger partial charge on any atom is -0.444 e. The number of hydrogen-bond acceptors (Lipinski definition) is 2. The SMILES string of the molecule is CC(C)(C)OC(=O)N[C@H]1CCCCC12CCCC2. The molecule has 0 aromatic rings. The number of alkyl carbamates (subject to hydrolysis) is 1. The lowest BCUT2D eigenvalue weighted by Gasteiger charge is -2.42. The second-order valence-corrected chi connectivity index (χ2v) is 7.01. The lowest BCUT2D eigenvalue weighted by molar-refractivity contribution is 0.0390. The van der Waals surface area contributed by atoms with Crippen LogP contribution in [0, 0.1) is 5.41 Å². The average Bonchev–Trinajstić information content (AvgIpc) is 2.68. The molecule has 2 rings (SSSR count). The van der Waals surface area contributed by atoms with Crippen LogP contribution in [-0.2, 0) is 4.74 Å². The van der Waals surface area contributed by atoms with Crippen molar-refractivity contribution in [3.8, 4) is 0 Å². The Morgan fingerprint density at radius 1 is 1.11 bits per heavy atom. The minimum atomic E-state index is -0.401. The summed E-state index contributed by atoms with van der Waals surface area (Å²) in [4.78, 5) is 11.9. The fourth-order valence-corrected chi connectivity index (χ4v) is 3.66. The molecule has 0 aliphatic heterocycles. The number of amides is 1. The molecule has 0 unspecified atom stereocenters. The van der Waals surface area contributed by atoms with Crippen LogP contribution in [0.3, 0.4) is 0 Å². The highest BCUT2D eigenvalue weighted by Crippen LogP contribution is 2.49. The Hall–Kier alpha value is -0.730. The number of carbonyl (C=O) groups excluding carboxylic acids is 1. The molecule has 1 N–H and O–H groups in total. The monoisotopic (exact) mass is 253 g/mol. The average molecular weight is 253 g/mol. The van der Waals surface area contributed by atoms with E-state index in [4.69, 9.17) is 4.74 Å². The van der Waals surface area contributed by atoms with Gasteiger partial charge in [0.05, 0.1) is 0 Å². The molecule has 2 aliphatic carbocycles. The first-order chi connectivity index (χ1) is 8.41. The maximum Gasteiger partial charge on any atom is 0.407 e. The van der Waals surface area contributed by atoms with E-state index in [1.165, 1.54) is 44.9 Å². The lowest BCUT2D eigenvalue weighted by Crippen LogP contribution is -2.49. The van der Waals surface area contributed by atoms with Crippen LogP contribution in [0.4, 0.5) is 4.79 Å². The topological polar surface area (TPSA) is 38.3 Å².